The van der Waals surface area contributed by atoms with Crippen LogP contribution < -0.4 is 5.73 Å². The summed E-state index contributed by atoms with van der Waals surface area (Å²) in [6.07, 6.45) is 9.25. The van der Waals surface area contributed by atoms with E-state index in [-0.39, 0.29) is 0 Å². The van der Waals surface area contributed by atoms with Crippen LogP contribution in [0.1, 0.15) is 17.7 Å². The number of hydrogen-bond acceptors (Lipinski definition) is 2. The topological polar surface area (TPSA) is 39.2 Å². The summed E-state index contributed by atoms with van der Waals surface area (Å²) >= 11 is 0. The van der Waals surface area contributed by atoms with Gasteiger partial charge in [-0.2, -0.15) is 0 Å². The number of fused-ring (bicyclic) bond motifs is 3. The second kappa shape index (κ2) is 4.05. The van der Waals surface area contributed by atoms with Gasteiger partial charge in [0.15, 0.2) is 5.58 Å². The van der Waals surface area contributed by atoms with Crippen LogP contribution >= 0.6 is 8.20 Å². The molecule has 1 aromatic carbocycles. The van der Waals surface area contributed by atoms with Gasteiger partial charge in [0.05, 0.1) is 5.69 Å². The van der Waals surface area contributed by atoms with Crippen LogP contribution in [0.25, 0.3) is 17.0 Å². The predicted octanol–water partition coefficient (Wildman–Crippen LogP) is 3.72. The summed E-state index contributed by atoms with van der Waals surface area (Å²) < 4.78 is 5.86. The normalized spacial score (nSPS) is 14.9. The second-order valence-electron chi connectivity index (χ2n) is 4.35. The van der Waals surface area contributed by atoms with Crippen molar-refractivity contribution in [3.8, 4) is 0 Å². The van der Waals surface area contributed by atoms with E-state index in [4.69, 9.17) is 10.2 Å². The highest BCUT2D eigenvalue weighted by Crippen LogP contribution is 2.36. The van der Waals surface area contributed by atoms with E-state index in [1.807, 2.05) is 12.1 Å². The Labute approximate surface area is 102 Å². The van der Waals surface area contributed by atoms with Gasteiger partial charge in [0, 0.05) is 23.5 Å². The number of aryl methyl sites for hydroxylation is 1. The molecular formula is C14H14NOP. The van der Waals surface area contributed by atoms with Crippen molar-refractivity contribution in [2.24, 2.45) is 0 Å². The van der Waals surface area contributed by atoms with Crippen molar-refractivity contribution >= 4 is 37.2 Å². The first kappa shape index (κ1) is 10.6. The molecule has 0 bridgehead atoms. The Morgan fingerprint density at radius 3 is 3.06 bits per heavy atom. The molecule has 1 aliphatic rings. The van der Waals surface area contributed by atoms with Gasteiger partial charge < -0.3 is 10.2 Å². The van der Waals surface area contributed by atoms with Crippen LogP contribution in [0.3, 0.4) is 0 Å². The molecule has 0 atom stereocenters. The summed E-state index contributed by atoms with van der Waals surface area (Å²) in [6, 6.07) is 5.95. The smallest absolute Gasteiger partial charge is 0.157 e. The van der Waals surface area contributed by atoms with E-state index in [0.29, 0.717) is 0 Å². The fourth-order valence-electron chi connectivity index (χ4n) is 2.37. The van der Waals surface area contributed by atoms with Crippen LogP contribution in [0.5, 0.6) is 0 Å². The maximum Gasteiger partial charge on any atom is 0.157 e. The molecule has 17 heavy (non-hydrogen) atoms. The van der Waals surface area contributed by atoms with Crippen LogP contribution in [-0.4, -0.2) is 12.5 Å². The van der Waals surface area contributed by atoms with Crippen LogP contribution in [-0.2, 0) is 6.42 Å². The Morgan fingerprint density at radius 1 is 1.35 bits per heavy atom. The molecule has 3 rings (SSSR count). The number of rotatable bonds is 2. The zero-order valence-electron chi connectivity index (χ0n) is 9.57. The molecule has 1 aromatic heterocycles. The van der Waals surface area contributed by atoms with Gasteiger partial charge in [0.1, 0.15) is 5.76 Å². The number of hydrogen-bond donors (Lipinski definition) is 1. The molecule has 0 amide bonds. The molecule has 2 nitrogen and oxygen atoms in total. The second-order valence-corrected chi connectivity index (χ2v) is 5.11. The fourth-order valence-corrected chi connectivity index (χ4v) is 2.91. The van der Waals surface area contributed by atoms with Crippen molar-refractivity contribution in [1.29, 1.82) is 0 Å². The molecule has 0 aliphatic heterocycles. The van der Waals surface area contributed by atoms with Crippen molar-refractivity contribution in [1.82, 2.24) is 0 Å². The number of anilines is 1. The van der Waals surface area contributed by atoms with Crippen molar-refractivity contribution in [2.75, 3.05) is 11.9 Å². The van der Waals surface area contributed by atoms with Crippen LogP contribution in [0.2, 0.25) is 0 Å². The number of furan rings is 1. The Hall–Kier alpha value is -1.53. The molecular weight excluding hydrogens is 229 g/mol. The first-order chi connectivity index (χ1) is 8.29. The minimum atomic E-state index is 0.724. The van der Waals surface area contributed by atoms with E-state index in [1.54, 1.807) is 0 Å². The molecule has 0 spiro atoms. The molecule has 0 radical (unpaired) electrons. The molecule has 1 heterocycles. The minimum Gasteiger partial charge on any atom is -0.458 e. The maximum absolute atomic E-state index is 5.94. The Balaban J connectivity index is 2.22. The van der Waals surface area contributed by atoms with Crippen molar-refractivity contribution in [3.05, 3.63) is 35.1 Å². The number of para-hydroxylation sites is 1. The average Bonchev–Trinajstić information content (AvgIpc) is 2.70. The summed E-state index contributed by atoms with van der Waals surface area (Å²) in [5.74, 6) is 1.07. The molecule has 1 aliphatic carbocycles. The number of allylic oxidation sites excluding steroid dienone is 1. The third kappa shape index (κ3) is 1.69. The fraction of sp³-hybridized carbons (Fsp3) is 0.214. The Morgan fingerprint density at radius 2 is 2.24 bits per heavy atom. The summed E-state index contributed by atoms with van der Waals surface area (Å²) in [7, 11) is 1.18. The Kier molecular flexibility index (Phi) is 2.53. The van der Waals surface area contributed by atoms with Gasteiger partial charge in [-0.15, -0.1) is 8.20 Å². The zero-order valence-corrected chi connectivity index (χ0v) is 10.5. The van der Waals surface area contributed by atoms with Crippen molar-refractivity contribution in [3.63, 3.8) is 0 Å². The van der Waals surface area contributed by atoms with Gasteiger partial charge in [0.2, 0.25) is 0 Å². The maximum atomic E-state index is 5.94. The molecule has 0 saturated heterocycles. The van der Waals surface area contributed by atoms with Gasteiger partial charge in [-0.25, -0.2) is 0 Å². The van der Waals surface area contributed by atoms with Crippen LogP contribution in [0.15, 0.2) is 28.2 Å². The first-order valence-corrected chi connectivity index (χ1v) is 6.98. The van der Waals surface area contributed by atoms with E-state index < -0.39 is 0 Å². The molecule has 2 N–H and O–H groups in total. The molecule has 3 heteroatoms. The molecule has 86 valence electrons. The van der Waals surface area contributed by atoms with E-state index >= 15 is 0 Å². The Bertz CT molecular complexity index is 624. The van der Waals surface area contributed by atoms with E-state index in [0.717, 1.165) is 41.4 Å². The molecule has 0 unspecified atom stereocenters. The van der Waals surface area contributed by atoms with E-state index in [2.05, 4.69) is 18.4 Å². The lowest BCUT2D eigenvalue weighted by molar-refractivity contribution is 0.544. The lowest BCUT2D eigenvalue weighted by atomic mass is 9.97. The predicted molar refractivity (Wildman–Crippen MR) is 75.8 cm³/mol. The summed E-state index contributed by atoms with van der Waals surface area (Å²) in [5.41, 5.74) is 10.2. The SMILES string of the molecule is C=PCC1=Cc2c(oc3c(N)cccc23)CC1. The van der Waals surface area contributed by atoms with E-state index in [9.17, 15) is 0 Å². The first-order valence-electron chi connectivity index (χ1n) is 5.71. The largest absolute Gasteiger partial charge is 0.458 e. The zero-order chi connectivity index (χ0) is 11.8. The molecule has 0 saturated carbocycles. The highest BCUT2D eigenvalue weighted by atomic mass is 31.1. The molecule has 0 fully saturated rings. The lowest BCUT2D eigenvalue weighted by Gasteiger charge is -2.10. The third-order valence-corrected chi connectivity index (χ3v) is 3.83. The highest BCUT2D eigenvalue weighted by Gasteiger charge is 2.18. The van der Waals surface area contributed by atoms with Gasteiger partial charge in [0.25, 0.3) is 0 Å². The quantitative estimate of drug-likeness (QED) is 0.645. The monoisotopic (exact) mass is 243 g/mol. The third-order valence-electron chi connectivity index (χ3n) is 3.20. The van der Waals surface area contributed by atoms with Gasteiger partial charge >= 0.3 is 0 Å². The van der Waals surface area contributed by atoms with Crippen LogP contribution in [0, 0.1) is 0 Å². The summed E-state index contributed by atoms with van der Waals surface area (Å²) in [4.78, 5) is 0. The van der Waals surface area contributed by atoms with Crippen molar-refractivity contribution in [2.45, 2.75) is 12.8 Å². The molecule has 2 aromatic rings. The highest BCUT2D eigenvalue weighted by molar-refractivity contribution is 7.36. The van der Waals surface area contributed by atoms with Gasteiger partial charge in [-0.3, -0.25) is 0 Å². The van der Waals surface area contributed by atoms with Crippen molar-refractivity contribution < 1.29 is 4.42 Å². The van der Waals surface area contributed by atoms with Crippen LogP contribution in [0.4, 0.5) is 5.69 Å². The average molecular weight is 243 g/mol. The number of nitrogen functional groups attached to an aromatic ring is 1. The minimum absolute atomic E-state index is 0.724. The standard InChI is InChI=1S/C14H14NOP/c1-17-8-9-5-6-13-11(7-9)10-3-2-4-12(15)14(10)16-13/h2-4,7H,1,5-6,8,15H2. The lowest BCUT2D eigenvalue weighted by Crippen LogP contribution is -1.97. The van der Waals surface area contributed by atoms with Gasteiger partial charge in [-0.1, -0.05) is 30.1 Å². The summed E-state index contributed by atoms with van der Waals surface area (Å²) in [6.45, 7) is 0. The number of benzene rings is 1. The van der Waals surface area contributed by atoms with E-state index in [1.165, 1.54) is 19.3 Å². The summed E-state index contributed by atoms with van der Waals surface area (Å²) in [5, 5.41) is 1.14. The number of nitrogens with two attached hydrogens (primary N) is 1. The van der Waals surface area contributed by atoms with Gasteiger partial charge in [-0.05, 0) is 12.5 Å².